The van der Waals surface area contributed by atoms with Gasteiger partial charge in [-0.15, -0.1) is 0 Å². The minimum Gasteiger partial charge on any atom is -0.338 e. The molecule has 1 aliphatic rings. The van der Waals surface area contributed by atoms with Crippen molar-refractivity contribution in [2.45, 2.75) is 6.92 Å². The van der Waals surface area contributed by atoms with Crippen LogP contribution in [0.3, 0.4) is 0 Å². The predicted octanol–water partition coefficient (Wildman–Crippen LogP) is 1.12. The van der Waals surface area contributed by atoms with Gasteiger partial charge < -0.3 is 10.2 Å². The number of rotatable bonds is 0. The minimum atomic E-state index is 0.841. The number of hydrogen-bond donors (Lipinski definition) is 1. The van der Waals surface area contributed by atoms with E-state index < -0.39 is 0 Å². The number of aromatic nitrogens is 2. The quantitative estimate of drug-likeness (QED) is 0.620. The van der Waals surface area contributed by atoms with Crippen LogP contribution >= 0.6 is 0 Å². The molecule has 0 aliphatic carbocycles. The molecular formula is C8H10N4. The van der Waals surface area contributed by atoms with Gasteiger partial charge in [-0.25, -0.2) is 9.97 Å². The Morgan fingerprint density at radius 3 is 2.92 bits per heavy atom. The van der Waals surface area contributed by atoms with E-state index in [1.165, 1.54) is 0 Å². The lowest BCUT2D eigenvalue weighted by atomic mass is 10.3. The normalized spacial score (nSPS) is 14.5. The molecule has 12 heavy (non-hydrogen) atoms. The second kappa shape index (κ2) is 2.20. The molecule has 1 aromatic rings. The molecule has 0 fully saturated rings. The third-order valence-corrected chi connectivity index (χ3v) is 2.01. The van der Waals surface area contributed by atoms with E-state index in [9.17, 15) is 0 Å². The van der Waals surface area contributed by atoms with E-state index in [2.05, 4.69) is 21.9 Å². The van der Waals surface area contributed by atoms with Gasteiger partial charge >= 0.3 is 0 Å². The summed E-state index contributed by atoms with van der Waals surface area (Å²) in [6.45, 7) is 5.78. The summed E-state index contributed by atoms with van der Waals surface area (Å²) < 4.78 is 0. The highest BCUT2D eigenvalue weighted by Crippen LogP contribution is 2.33. The van der Waals surface area contributed by atoms with Crippen molar-refractivity contribution in [2.75, 3.05) is 17.3 Å². The molecule has 0 aromatic carbocycles. The van der Waals surface area contributed by atoms with Crippen molar-refractivity contribution in [3.8, 4) is 0 Å². The van der Waals surface area contributed by atoms with E-state index in [-0.39, 0.29) is 0 Å². The number of anilines is 2. The average molecular weight is 162 g/mol. The molecule has 62 valence electrons. The van der Waals surface area contributed by atoms with Crippen LogP contribution in [0.1, 0.15) is 5.69 Å². The Morgan fingerprint density at radius 2 is 2.25 bits per heavy atom. The van der Waals surface area contributed by atoms with Crippen LogP contribution in [0.4, 0.5) is 11.5 Å². The Balaban J connectivity index is 2.60. The summed E-state index contributed by atoms with van der Waals surface area (Å²) in [6, 6.07) is 0. The van der Waals surface area contributed by atoms with Gasteiger partial charge in [-0.3, -0.25) is 0 Å². The molecule has 1 aliphatic heterocycles. The lowest BCUT2D eigenvalue weighted by molar-refractivity contribution is 1.07. The van der Waals surface area contributed by atoms with Crippen molar-refractivity contribution in [1.29, 1.82) is 0 Å². The van der Waals surface area contributed by atoms with Crippen LogP contribution in [-0.4, -0.2) is 17.0 Å². The molecule has 0 saturated heterocycles. The maximum Gasteiger partial charge on any atom is 0.161 e. The number of nitrogens with one attached hydrogen (secondary N) is 1. The van der Waals surface area contributed by atoms with E-state index in [1.54, 1.807) is 6.33 Å². The molecule has 0 amide bonds. The van der Waals surface area contributed by atoms with Gasteiger partial charge in [0.05, 0.1) is 5.69 Å². The molecule has 2 heterocycles. The van der Waals surface area contributed by atoms with Crippen LogP contribution in [0.5, 0.6) is 0 Å². The van der Waals surface area contributed by atoms with Crippen LogP contribution in [0.2, 0.25) is 0 Å². The monoisotopic (exact) mass is 162 g/mol. The Labute approximate surface area is 70.9 Å². The highest BCUT2D eigenvalue weighted by atomic mass is 15.3. The zero-order valence-corrected chi connectivity index (χ0v) is 7.13. The first-order chi connectivity index (χ1) is 5.70. The van der Waals surface area contributed by atoms with Crippen molar-refractivity contribution < 1.29 is 0 Å². The third kappa shape index (κ3) is 0.777. The Bertz CT molecular complexity index is 345. The SMILES string of the molecule is C=C1Nc2c(C)ncnc2N1C. The summed E-state index contributed by atoms with van der Waals surface area (Å²) in [7, 11) is 1.92. The maximum absolute atomic E-state index is 4.14. The number of fused-ring (bicyclic) bond motifs is 1. The van der Waals surface area contributed by atoms with Crippen molar-refractivity contribution in [3.05, 3.63) is 24.4 Å². The van der Waals surface area contributed by atoms with Crippen LogP contribution in [0, 0.1) is 6.92 Å². The van der Waals surface area contributed by atoms with Gasteiger partial charge in [0.1, 0.15) is 17.8 Å². The van der Waals surface area contributed by atoms with Gasteiger partial charge in [-0.2, -0.15) is 0 Å². The highest BCUT2D eigenvalue weighted by Gasteiger charge is 2.21. The molecule has 0 saturated carbocycles. The van der Waals surface area contributed by atoms with Gasteiger partial charge in [-0.05, 0) is 6.92 Å². The van der Waals surface area contributed by atoms with Gasteiger partial charge in [0.25, 0.3) is 0 Å². The Kier molecular flexibility index (Phi) is 1.30. The molecule has 0 radical (unpaired) electrons. The molecule has 0 atom stereocenters. The maximum atomic E-state index is 4.14. The lowest BCUT2D eigenvalue weighted by Gasteiger charge is -2.09. The molecule has 1 N–H and O–H groups in total. The topological polar surface area (TPSA) is 41.1 Å². The van der Waals surface area contributed by atoms with Crippen molar-refractivity contribution in [3.63, 3.8) is 0 Å². The van der Waals surface area contributed by atoms with E-state index >= 15 is 0 Å². The summed E-state index contributed by atoms with van der Waals surface area (Å²) in [5, 5.41) is 3.12. The van der Waals surface area contributed by atoms with Gasteiger partial charge in [0, 0.05) is 7.05 Å². The summed E-state index contributed by atoms with van der Waals surface area (Å²) in [5.41, 5.74) is 1.91. The summed E-state index contributed by atoms with van der Waals surface area (Å²) in [5.74, 6) is 1.74. The largest absolute Gasteiger partial charge is 0.338 e. The number of nitrogens with zero attached hydrogens (tertiary/aromatic N) is 3. The second-order valence-corrected chi connectivity index (χ2v) is 2.79. The van der Waals surface area contributed by atoms with Crippen LogP contribution in [0.15, 0.2) is 18.7 Å². The Hall–Kier alpha value is -1.58. The van der Waals surface area contributed by atoms with Gasteiger partial charge in [0.2, 0.25) is 0 Å². The first-order valence-corrected chi connectivity index (χ1v) is 3.71. The van der Waals surface area contributed by atoms with E-state index in [0.29, 0.717) is 0 Å². The van der Waals surface area contributed by atoms with Crippen molar-refractivity contribution in [1.82, 2.24) is 9.97 Å². The van der Waals surface area contributed by atoms with E-state index in [0.717, 1.165) is 23.0 Å². The minimum absolute atomic E-state index is 0.841. The molecule has 0 bridgehead atoms. The van der Waals surface area contributed by atoms with Crippen LogP contribution in [0.25, 0.3) is 0 Å². The Morgan fingerprint density at radius 1 is 1.50 bits per heavy atom. The first-order valence-electron chi connectivity index (χ1n) is 3.71. The standard InChI is InChI=1S/C8H10N4/c1-5-7-8(10-4-9-5)12(3)6(2)11-7/h4,11H,2H2,1,3H3. The zero-order valence-electron chi connectivity index (χ0n) is 7.13. The van der Waals surface area contributed by atoms with Gasteiger partial charge in [0.15, 0.2) is 5.82 Å². The van der Waals surface area contributed by atoms with Gasteiger partial charge in [-0.1, -0.05) is 6.58 Å². The molecule has 0 unspecified atom stereocenters. The lowest BCUT2D eigenvalue weighted by Crippen LogP contribution is -2.13. The van der Waals surface area contributed by atoms with E-state index in [4.69, 9.17) is 0 Å². The molecule has 0 spiro atoms. The summed E-state index contributed by atoms with van der Waals surface area (Å²) in [4.78, 5) is 10.1. The number of aryl methyl sites for hydroxylation is 1. The fourth-order valence-corrected chi connectivity index (χ4v) is 1.22. The van der Waals surface area contributed by atoms with Crippen LogP contribution < -0.4 is 10.2 Å². The fourth-order valence-electron chi connectivity index (χ4n) is 1.22. The summed E-state index contributed by atoms with van der Waals surface area (Å²) in [6.07, 6.45) is 1.56. The van der Waals surface area contributed by atoms with Crippen LogP contribution in [-0.2, 0) is 0 Å². The molecule has 1 aromatic heterocycles. The smallest absolute Gasteiger partial charge is 0.161 e. The third-order valence-electron chi connectivity index (χ3n) is 2.01. The van der Waals surface area contributed by atoms with E-state index in [1.807, 2.05) is 18.9 Å². The molecule has 2 rings (SSSR count). The first kappa shape index (κ1) is 7.09. The fraction of sp³-hybridized carbons (Fsp3) is 0.250. The highest BCUT2D eigenvalue weighted by molar-refractivity contribution is 5.78. The average Bonchev–Trinajstić information content (AvgIpc) is 2.32. The molecule has 4 heteroatoms. The zero-order chi connectivity index (χ0) is 8.72. The van der Waals surface area contributed by atoms with Crippen molar-refractivity contribution in [2.24, 2.45) is 0 Å². The summed E-state index contributed by atoms with van der Waals surface area (Å²) >= 11 is 0. The number of hydrogen-bond acceptors (Lipinski definition) is 4. The predicted molar refractivity (Wildman–Crippen MR) is 47.9 cm³/mol. The molecule has 4 nitrogen and oxygen atoms in total. The molecular weight excluding hydrogens is 152 g/mol. The van der Waals surface area contributed by atoms with Crippen molar-refractivity contribution >= 4 is 11.5 Å². The second-order valence-electron chi connectivity index (χ2n) is 2.79.